The molecule has 0 spiro atoms. The maximum absolute atomic E-state index is 5.44. The third-order valence-electron chi connectivity index (χ3n) is 5.68. The Morgan fingerprint density at radius 2 is 1.63 bits per heavy atom. The summed E-state index contributed by atoms with van der Waals surface area (Å²) in [7, 11) is 1.70. The minimum Gasteiger partial charge on any atom is -0.497 e. The first-order valence-electron chi connectivity index (χ1n) is 10.4. The number of hydrogen-bond acceptors (Lipinski definition) is 2. The first-order chi connectivity index (χ1) is 14.8. The molecule has 5 rings (SSSR count). The second-order valence-electron chi connectivity index (χ2n) is 7.56. The van der Waals surface area contributed by atoms with Gasteiger partial charge in [-0.05, 0) is 41.3 Å². The van der Waals surface area contributed by atoms with Crippen LogP contribution in [0.15, 0.2) is 91.0 Å². The largest absolute Gasteiger partial charge is 0.497 e. The van der Waals surface area contributed by atoms with Gasteiger partial charge in [0.25, 0.3) is 0 Å². The lowest BCUT2D eigenvalue weighted by Gasteiger charge is -2.12. The van der Waals surface area contributed by atoms with Crippen molar-refractivity contribution in [2.24, 2.45) is 0 Å². The van der Waals surface area contributed by atoms with E-state index in [2.05, 4.69) is 83.4 Å². The van der Waals surface area contributed by atoms with E-state index in [1.807, 2.05) is 12.1 Å². The van der Waals surface area contributed by atoms with Gasteiger partial charge in [-0.15, -0.1) is 0 Å². The Labute approximate surface area is 176 Å². The number of ether oxygens (including phenoxy) is 1. The van der Waals surface area contributed by atoms with E-state index in [9.17, 15) is 0 Å². The molecule has 0 aliphatic heterocycles. The van der Waals surface area contributed by atoms with E-state index in [0.717, 1.165) is 42.0 Å². The SMILES string of the molecule is COc1ccc2c(c1)nc(-c1cccc3ccccc13)n2CCCc1ccccc1. The van der Waals surface area contributed by atoms with Crippen LogP contribution in [0.3, 0.4) is 0 Å². The molecule has 1 aromatic heterocycles. The standard InChI is InChI=1S/C27H24N2O/c1-30-22-16-17-26-25(19-22)28-27(24-15-7-13-21-12-5-6-14-23(21)24)29(26)18-8-11-20-9-3-2-4-10-20/h2-7,9-10,12-17,19H,8,11,18H2,1H3. The van der Waals surface area contributed by atoms with E-state index in [0.29, 0.717) is 0 Å². The van der Waals surface area contributed by atoms with Crippen LogP contribution in [0.2, 0.25) is 0 Å². The van der Waals surface area contributed by atoms with Crippen molar-refractivity contribution >= 4 is 21.8 Å². The number of imidazole rings is 1. The van der Waals surface area contributed by atoms with Crippen LogP contribution in [0.4, 0.5) is 0 Å². The van der Waals surface area contributed by atoms with Crippen molar-refractivity contribution < 1.29 is 4.74 Å². The molecule has 148 valence electrons. The van der Waals surface area contributed by atoms with Crippen molar-refractivity contribution in [2.75, 3.05) is 7.11 Å². The lowest BCUT2D eigenvalue weighted by molar-refractivity contribution is 0.415. The molecule has 0 N–H and O–H groups in total. The fourth-order valence-electron chi connectivity index (χ4n) is 4.17. The van der Waals surface area contributed by atoms with Gasteiger partial charge in [-0.3, -0.25) is 0 Å². The quantitative estimate of drug-likeness (QED) is 0.330. The van der Waals surface area contributed by atoms with Gasteiger partial charge in [-0.1, -0.05) is 72.8 Å². The van der Waals surface area contributed by atoms with Gasteiger partial charge in [0.2, 0.25) is 0 Å². The van der Waals surface area contributed by atoms with Crippen LogP contribution < -0.4 is 4.74 Å². The minimum absolute atomic E-state index is 0.834. The predicted octanol–water partition coefficient (Wildman–Crippen LogP) is 6.50. The fraction of sp³-hybridized carbons (Fsp3) is 0.148. The normalized spacial score (nSPS) is 11.2. The topological polar surface area (TPSA) is 27.1 Å². The highest BCUT2D eigenvalue weighted by atomic mass is 16.5. The van der Waals surface area contributed by atoms with E-state index in [1.165, 1.54) is 21.9 Å². The Balaban J connectivity index is 1.60. The van der Waals surface area contributed by atoms with Crippen molar-refractivity contribution in [3.63, 3.8) is 0 Å². The zero-order valence-corrected chi connectivity index (χ0v) is 17.1. The summed E-state index contributed by atoms with van der Waals surface area (Å²) in [4.78, 5) is 5.05. The van der Waals surface area contributed by atoms with E-state index >= 15 is 0 Å². The maximum Gasteiger partial charge on any atom is 0.141 e. The Morgan fingerprint density at radius 3 is 2.50 bits per heavy atom. The molecule has 3 heteroatoms. The molecule has 0 radical (unpaired) electrons. The average Bonchev–Trinajstić information content (AvgIpc) is 3.17. The zero-order valence-electron chi connectivity index (χ0n) is 17.1. The molecular formula is C27H24N2O. The smallest absolute Gasteiger partial charge is 0.141 e. The highest BCUT2D eigenvalue weighted by molar-refractivity contribution is 5.97. The molecule has 1 heterocycles. The van der Waals surface area contributed by atoms with Crippen LogP contribution in [-0.2, 0) is 13.0 Å². The Hall–Kier alpha value is -3.59. The highest BCUT2D eigenvalue weighted by Gasteiger charge is 2.15. The third kappa shape index (κ3) is 3.43. The summed E-state index contributed by atoms with van der Waals surface area (Å²) >= 11 is 0. The van der Waals surface area contributed by atoms with Crippen LogP contribution in [0.1, 0.15) is 12.0 Å². The third-order valence-corrected chi connectivity index (χ3v) is 5.68. The number of aryl methyl sites for hydroxylation is 2. The average molecular weight is 393 g/mol. The summed E-state index contributed by atoms with van der Waals surface area (Å²) in [5, 5.41) is 2.46. The molecule has 30 heavy (non-hydrogen) atoms. The molecule has 0 amide bonds. The van der Waals surface area contributed by atoms with Gasteiger partial charge in [0, 0.05) is 18.2 Å². The second kappa shape index (κ2) is 8.03. The molecule has 0 saturated carbocycles. The molecule has 3 nitrogen and oxygen atoms in total. The van der Waals surface area contributed by atoms with E-state index in [4.69, 9.17) is 9.72 Å². The molecule has 0 aliphatic rings. The van der Waals surface area contributed by atoms with Crippen LogP contribution >= 0.6 is 0 Å². The number of hydrogen-bond donors (Lipinski definition) is 0. The summed E-state index contributed by atoms with van der Waals surface area (Å²) in [5.74, 6) is 1.85. The number of fused-ring (bicyclic) bond motifs is 2. The molecule has 0 bridgehead atoms. The number of methoxy groups -OCH3 is 1. The molecule has 0 atom stereocenters. The Kier molecular flexibility index (Phi) is 4.94. The predicted molar refractivity (Wildman–Crippen MR) is 124 cm³/mol. The van der Waals surface area contributed by atoms with Gasteiger partial charge in [-0.2, -0.15) is 0 Å². The molecule has 0 saturated heterocycles. The van der Waals surface area contributed by atoms with Crippen molar-refractivity contribution in [1.29, 1.82) is 0 Å². The summed E-state index contributed by atoms with van der Waals surface area (Å²) in [6.45, 7) is 0.913. The lowest BCUT2D eigenvalue weighted by atomic mass is 10.0. The summed E-state index contributed by atoms with van der Waals surface area (Å²) in [6.07, 6.45) is 2.10. The second-order valence-corrected chi connectivity index (χ2v) is 7.56. The minimum atomic E-state index is 0.834. The van der Waals surface area contributed by atoms with Gasteiger partial charge in [0.05, 0.1) is 18.1 Å². The first kappa shape index (κ1) is 18.4. The molecule has 5 aromatic rings. The maximum atomic E-state index is 5.44. The Bertz CT molecular complexity index is 1300. The molecule has 0 aliphatic carbocycles. The van der Waals surface area contributed by atoms with Gasteiger partial charge >= 0.3 is 0 Å². The van der Waals surface area contributed by atoms with Crippen LogP contribution in [0.25, 0.3) is 33.2 Å². The molecule has 0 unspecified atom stereocenters. The van der Waals surface area contributed by atoms with Crippen molar-refractivity contribution in [3.8, 4) is 17.1 Å². The number of benzene rings is 4. The van der Waals surface area contributed by atoms with Crippen molar-refractivity contribution in [2.45, 2.75) is 19.4 Å². The van der Waals surface area contributed by atoms with Gasteiger partial charge in [-0.25, -0.2) is 4.98 Å². The fourth-order valence-corrected chi connectivity index (χ4v) is 4.17. The van der Waals surface area contributed by atoms with Crippen LogP contribution in [-0.4, -0.2) is 16.7 Å². The number of nitrogens with zero attached hydrogens (tertiary/aromatic N) is 2. The number of rotatable bonds is 6. The summed E-state index contributed by atoms with van der Waals surface area (Å²) in [6, 6.07) is 31.8. The number of aromatic nitrogens is 2. The first-order valence-corrected chi connectivity index (χ1v) is 10.4. The van der Waals surface area contributed by atoms with E-state index in [1.54, 1.807) is 7.11 Å². The van der Waals surface area contributed by atoms with E-state index in [-0.39, 0.29) is 0 Å². The van der Waals surface area contributed by atoms with Crippen LogP contribution in [0.5, 0.6) is 5.75 Å². The molecule has 4 aromatic carbocycles. The van der Waals surface area contributed by atoms with Crippen LogP contribution in [0, 0.1) is 0 Å². The summed E-state index contributed by atoms with van der Waals surface area (Å²) in [5.41, 5.74) is 4.65. The molecular weight excluding hydrogens is 368 g/mol. The van der Waals surface area contributed by atoms with Gasteiger partial charge in [0.1, 0.15) is 11.6 Å². The van der Waals surface area contributed by atoms with Crippen molar-refractivity contribution in [1.82, 2.24) is 9.55 Å². The molecule has 0 fully saturated rings. The highest BCUT2D eigenvalue weighted by Crippen LogP contribution is 2.32. The lowest BCUT2D eigenvalue weighted by Crippen LogP contribution is -2.02. The Morgan fingerprint density at radius 1 is 0.833 bits per heavy atom. The van der Waals surface area contributed by atoms with E-state index < -0.39 is 0 Å². The van der Waals surface area contributed by atoms with Crippen molar-refractivity contribution in [3.05, 3.63) is 96.6 Å². The monoisotopic (exact) mass is 392 g/mol. The zero-order chi connectivity index (χ0) is 20.3. The summed E-state index contributed by atoms with van der Waals surface area (Å²) < 4.78 is 7.80. The van der Waals surface area contributed by atoms with Gasteiger partial charge in [0.15, 0.2) is 0 Å². The van der Waals surface area contributed by atoms with Gasteiger partial charge < -0.3 is 9.30 Å².